The van der Waals surface area contributed by atoms with E-state index in [9.17, 15) is 5.11 Å². The zero-order valence-electron chi connectivity index (χ0n) is 9.93. The van der Waals surface area contributed by atoms with Gasteiger partial charge in [0.1, 0.15) is 11.5 Å². The number of benzene rings is 1. The monoisotopic (exact) mass is 247 g/mol. The molecular formula is C12H13N3O3. The molecule has 0 atom stereocenters. The van der Waals surface area contributed by atoms with Crippen LogP contribution in [-0.2, 0) is 13.0 Å². The molecule has 1 aliphatic rings. The Morgan fingerprint density at radius 2 is 2.33 bits per heavy atom. The van der Waals surface area contributed by atoms with Crippen molar-refractivity contribution in [1.82, 2.24) is 10.1 Å². The topological polar surface area (TPSA) is 94.4 Å². The third-order valence-electron chi connectivity index (χ3n) is 3.03. The molecular weight excluding hydrogens is 234 g/mol. The molecule has 1 aromatic carbocycles. The highest BCUT2D eigenvalue weighted by atomic mass is 16.5. The summed E-state index contributed by atoms with van der Waals surface area (Å²) in [6.45, 7) is 2.59. The van der Waals surface area contributed by atoms with Crippen LogP contribution in [0.4, 0.5) is 0 Å². The number of aromatic nitrogens is 2. The van der Waals surface area contributed by atoms with Crippen LogP contribution in [0.2, 0.25) is 0 Å². The predicted molar refractivity (Wildman–Crippen MR) is 63.2 cm³/mol. The zero-order chi connectivity index (χ0) is 12.7. The number of nitrogens with two attached hydrogens (primary N) is 1. The predicted octanol–water partition coefficient (Wildman–Crippen LogP) is 1.14. The lowest BCUT2D eigenvalue weighted by molar-refractivity contribution is 0.356. The van der Waals surface area contributed by atoms with Crippen molar-refractivity contribution in [2.75, 3.05) is 6.61 Å². The van der Waals surface area contributed by atoms with Crippen molar-refractivity contribution in [2.45, 2.75) is 19.9 Å². The molecule has 2 aromatic rings. The maximum atomic E-state index is 10.2. The third-order valence-corrected chi connectivity index (χ3v) is 3.03. The Morgan fingerprint density at radius 3 is 3.06 bits per heavy atom. The Morgan fingerprint density at radius 1 is 1.50 bits per heavy atom. The highest BCUT2D eigenvalue weighted by Crippen LogP contribution is 2.41. The summed E-state index contributed by atoms with van der Waals surface area (Å²) in [4.78, 5) is 4.16. The lowest BCUT2D eigenvalue weighted by atomic mass is 10.00. The normalized spacial score (nSPS) is 13.4. The van der Waals surface area contributed by atoms with Crippen LogP contribution in [0.5, 0.6) is 11.5 Å². The Bertz CT molecular complexity index is 607. The Labute approximate surface area is 103 Å². The number of hydrogen-bond acceptors (Lipinski definition) is 6. The first kappa shape index (κ1) is 11.0. The van der Waals surface area contributed by atoms with E-state index < -0.39 is 0 Å². The quantitative estimate of drug-likeness (QED) is 0.826. The number of aromatic hydroxyl groups is 1. The van der Waals surface area contributed by atoms with Gasteiger partial charge in [-0.1, -0.05) is 5.16 Å². The van der Waals surface area contributed by atoms with Gasteiger partial charge in [-0.3, -0.25) is 0 Å². The average molecular weight is 247 g/mol. The minimum absolute atomic E-state index is 0.170. The largest absolute Gasteiger partial charge is 0.507 e. The molecule has 0 saturated heterocycles. The van der Waals surface area contributed by atoms with Crippen molar-refractivity contribution in [3.63, 3.8) is 0 Å². The van der Waals surface area contributed by atoms with Gasteiger partial charge in [0, 0.05) is 12.0 Å². The first-order chi connectivity index (χ1) is 8.70. The molecule has 0 bridgehead atoms. The lowest BCUT2D eigenvalue weighted by Crippen LogP contribution is -1.96. The van der Waals surface area contributed by atoms with Gasteiger partial charge < -0.3 is 20.1 Å². The molecule has 6 heteroatoms. The maximum Gasteiger partial charge on any atom is 0.240 e. The number of fused-ring (bicyclic) bond motifs is 1. The molecule has 0 aliphatic carbocycles. The molecule has 0 saturated carbocycles. The molecule has 3 N–H and O–H groups in total. The summed E-state index contributed by atoms with van der Waals surface area (Å²) in [5.74, 6) is 1.65. The van der Waals surface area contributed by atoms with E-state index in [1.807, 2.05) is 13.0 Å². The van der Waals surface area contributed by atoms with Crippen LogP contribution in [0.1, 0.15) is 17.0 Å². The lowest BCUT2D eigenvalue weighted by Gasteiger charge is -2.08. The van der Waals surface area contributed by atoms with E-state index in [0.717, 1.165) is 23.3 Å². The van der Waals surface area contributed by atoms with Crippen molar-refractivity contribution < 1.29 is 14.4 Å². The van der Waals surface area contributed by atoms with Gasteiger partial charge in [0.25, 0.3) is 0 Å². The average Bonchev–Trinajstić information content (AvgIpc) is 2.99. The molecule has 94 valence electrons. The first-order valence-corrected chi connectivity index (χ1v) is 5.72. The van der Waals surface area contributed by atoms with Gasteiger partial charge >= 0.3 is 0 Å². The van der Waals surface area contributed by atoms with Crippen LogP contribution in [0.25, 0.3) is 11.4 Å². The molecule has 6 nitrogen and oxygen atoms in total. The SMILES string of the molecule is Cc1cc2c(c(-c3noc(CN)n3)c1O)CCO2. The Kier molecular flexibility index (Phi) is 2.45. The number of phenols is 1. The number of nitrogens with zero attached hydrogens (tertiary/aromatic N) is 2. The van der Waals surface area contributed by atoms with Crippen LogP contribution >= 0.6 is 0 Å². The van der Waals surface area contributed by atoms with Gasteiger partial charge in [-0.2, -0.15) is 4.98 Å². The summed E-state index contributed by atoms with van der Waals surface area (Å²) in [7, 11) is 0. The van der Waals surface area contributed by atoms with Gasteiger partial charge in [0.15, 0.2) is 0 Å². The van der Waals surface area contributed by atoms with E-state index >= 15 is 0 Å². The number of aryl methyl sites for hydroxylation is 1. The fourth-order valence-corrected chi connectivity index (χ4v) is 2.14. The van der Waals surface area contributed by atoms with Crippen LogP contribution in [0.3, 0.4) is 0 Å². The molecule has 3 rings (SSSR count). The van der Waals surface area contributed by atoms with Gasteiger partial charge in [-0.25, -0.2) is 0 Å². The first-order valence-electron chi connectivity index (χ1n) is 5.72. The second-order valence-corrected chi connectivity index (χ2v) is 4.21. The Balaban J connectivity index is 2.21. The van der Waals surface area contributed by atoms with Crippen molar-refractivity contribution in [3.05, 3.63) is 23.1 Å². The van der Waals surface area contributed by atoms with E-state index in [4.69, 9.17) is 15.0 Å². The van der Waals surface area contributed by atoms with Gasteiger partial charge in [-0.05, 0) is 18.6 Å². The summed E-state index contributed by atoms with van der Waals surface area (Å²) >= 11 is 0. The van der Waals surface area contributed by atoms with Crippen LogP contribution in [0.15, 0.2) is 10.6 Å². The second-order valence-electron chi connectivity index (χ2n) is 4.21. The van der Waals surface area contributed by atoms with E-state index in [-0.39, 0.29) is 12.3 Å². The van der Waals surface area contributed by atoms with E-state index in [0.29, 0.717) is 23.9 Å². The molecule has 0 fully saturated rings. The number of phenolic OH excluding ortho intramolecular Hbond substituents is 1. The molecule has 2 heterocycles. The molecule has 1 aromatic heterocycles. The third kappa shape index (κ3) is 1.53. The smallest absolute Gasteiger partial charge is 0.240 e. The molecule has 18 heavy (non-hydrogen) atoms. The minimum atomic E-state index is 0.170. The second kappa shape index (κ2) is 3.99. The Hall–Kier alpha value is -2.08. The molecule has 1 aliphatic heterocycles. The van der Waals surface area contributed by atoms with Gasteiger partial charge in [-0.15, -0.1) is 0 Å². The van der Waals surface area contributed by atoms with Crippen molar-refractivity contribution in [2.24, 2.45) is 5.73 Å². The molecule has 0 unspecified atom stereocenters. The van der Waals surface area contributed by atoms with E-state index in [1.165, 1.54) is 0 Å². The maximum absolute atomic E-state index is 10.2. The number of rotatable bonds is 2. The van der Waals surface area contributed by atoms with E-state index in [2.05, 4.69) is 10.1 Å². The zero-order valence-corrected chi connectivity index (χ0v) is 9.93. The fourth-order valence-electron chi connectivity index (χ4n) is 2.14. The summed E-state index contributed by atoms with van der Waals surface area (Å²) in [5, 5.41) is 14.0. The van der Waals surface area contributed by atoms with Gasteiger partial charge in [0.2, 0.25) is 11.7 Å². The highest BCUT2D eigenvalue weighted by molar-refractivity contribution is 5.74. The molecule has 0 amide bonds. The van der Waals surface area contributed by atoms with Crippen molar-refractivity contribution >= 4 is 0 Å². The van der Waals surface area contributed by atoms with Crippen LogP contribution in [0, 0.1) is 6.92 Å². The molecule has 0 spiro atoms. The highest BCUT2D eigenvalue weighted by Gasteiger charge is 2.25. The summed E-state index contributed by atoms with van der Waals surface area (Å²) in [6, 6.07) is 1.82. The minimum Gasteiger partial charge on any atom is -0.507 e. The summed E-state index contributed by atoms with van der Waals surface area (Å²) < 4.78 is 10.5. The standard InChI is InChI=1S/C12H13N3O3/c1-6-4-8-7(2-3-17-8)10(11(6)16)12-14-9(5-13)18-15-12/h4,16H,2-3,5,13H2,1H3. The van der Waals surface area contributed by atoms with Crippen molar-refractivity contribution in [3.8, 4) is 22.9 Å². The summed E-state index contributed by atoms with van der Waals surface area (Å²) in [6.07, 6.45) is 0.727. The molecule has 0 radical (unpaired) electrons. The van der Waals surface area contributed by atoms with E-state index in [1.54, 1.807) is 0 Å². The van der Waals surface area contributed by atoms with Crippen LogP contribution in [-0.4, -0.2) is 21.9 Å². The van der Waals surface area contributed by atoms with Crippen LogP contribution < -0.4 is 10.5 Å². The van der Waals surface area contributed by atoms with Gasteiger partial charge in [0.05, 0.1) is 18.7 Å². The number of ether oxygens (including phenoxy) is 1. The summed E-state index contributed by atoms with van der Waals surface area (Å²) in [5.41, 5.74) is 7.67. The fraction of sp³-hybridized carbons (Fsp3) is 0.333. The number of hydrogen-bond donors (Lipinski definition) is 2. The van der Waals surface area contributed by atoms with Crippen molar-refractivity contribution in [1.29, 1.82) is 0 Å².